The second kappa shape index (κ2) is 6.05. The van der Waals surface area contributed by atoms with E-state index in [1.54, 1.807) is 0 Å². The van der Waals surface area contributed by atoms with Gasteiger partial charge >= 0.3 is 0 Å². The van der Waals surface area contributed by atoms with Crippen molar-refractivity contribution in [3.8, 4) is 5.75 Å². The minimum atomic E-state index is 0.208. The largest absolute Gasteiger partial charge is 0.484 e. The van der Waals surface area contributed by atoms with Gasteiger partial charge in [-0.25, -0.2) is 0 Å². The van der Waals surface area contributed by atoms with E-state index in [1.165, 1.54) is 5.56 Å². The van der Waals surface area contributed by atoms with Gasteiger partial charge < -0.3 is 14.5 Å². The first-order chi connectivity index (χ1) is 9.85. The van der Waals surface area contributed by atoms with Crippen LogP contribution in [0.2, 0.25) is 0 Å². The molecule has 0 aliphatic carbocycles. The first kappa shape index (κ1) is 13.1. The Morgan fingerprint density at radius 3 is 3.15 bits per heavy atom. The van der Waals surface area contributed by atoms with Gasteiger partial charge in [0.05, 0.1) is 6.04 Å². The SMILES string of the molecule is CCc1cccc(OCc2nnc(C3CCCN3)o2)c1. The molecule has 1 unspecified atom stereocenters. The van der Waals surface area contributed by atoms with Crippen molar-refractivity contribution >= 4 is 0 Å². The van der Waals surface area contributed by atoms with Crippen molar-refractivity contribution < 1.29 is 9.15 Å². The van der Waals surface area contributed by atoms with E-state index in [0.29, 0.717) is 18.4 Å². The van der Waals surface area contributed by atoms with Crippen molar-refractivity contribution in [3.05, 3.63) is 41.6 Å². The van der Waals surface area contributed by atoms with Crippen LogP contribution < -0.4 is 10.1 Å². The molecule has 0 spiro atoms. The average Bonchev–Trinajstić information content (AvgIpc) is 3.16. The highest BCUT2D eigenvalue weighted by atomic mass is 16.5. The summed E-state index contributed by atoms with van der Waals surface area (Å²) < 4.78 is 11.3. The predicted molar refractivity (Wildman–Crippen MR) is 74.4 cm³/mol. The van der Waals surface area contributed by atoms with Crippen LogP contribution >= 0.6 is 0 Å². The minimum Gasteiger partial charge on any atom is -0.484 e. The average molecular weight is 273 g/mol. The van der Waals surface area contributed by atoms with Crippen LogP contribution in [0.25, 0.3) is 0 Å². The van der Waals surface area contributed by atoms with E-state index in [4.69, 9.17) is 9.15 Å². The summed E-state index contributed by atoms with van der Waals surface area (Å²) in [5.74, 6) is 2.03. The summed E-state index contributed by atoms with van der Waals surface area (Å²) in [6.07, 6.45) is 3.21. The van der Waals surface area contributed by atoms with Gasteiger partial charge in [-0.3, -0.25) is 0 Å². The van der Waals surface area contributed by atoms with Gasteiger partial charge in [0, 0.05) is 0 Å². The van der Waals surface area contributed by atoms with E-state index in [0.717, 1.165) is 31.6 Å². The Bertz CT molecular complexity index is 562. The highest BCUT2D eigenvalue weighted by Crippen LogP contribution is 2.22. The molecule has 2 heterocycles. The van der Waals surface area contributed by atoms with Crippen LogP contribution in [0.4, 0.5) is 0 Å². The van der Waals surface area contributed by atoms with Crippen LogP contribution in [0.15, 0.2) is 28.7 Å². The normalized spacial score (nSPS) is 18.4. The number of benzene rings is 1. The van der Waals surface area contributed by atoms with E-state index < -0.39 is 0 Å². The lowest BCUT2D eigenvalue weighted by Crippen LogP contribution is -2.12. The highest BCUT2D eigenvalue weighted by molar-refractivity contribution is 5.28. The van der Waals surface area contributed by atoms with E-state index in [-0.39, 0.29) is 6.04 Å². The maximum Gasteiger partial charge on any atom is 0.253 e. The lowest BCUT2D eigenvalue weighted by molar-refractivity contribution is 0.255. The second-order valence-electron chi connectivity index (χ2n) is 4.97. The van der Waals surface area contributed by atoms with Crippen LogP contribution in [0.5, 0.6) is 5.75 Å². The topological polar surface area (TPSA) is 60.2 Å². The molecule has 1 aromatic carbocycles. The van der Waals surface area contributed by atoms with Crippen molar-refractivity contribution in [2.45, 2.75) is 38.8 Å². The Kier molecular flexibility index (Phi) is 3.97. The monoisotopic (exact) mass is 273 g/mol. The fraction of sp³-hybridized carbons (Fsp3) is 0.467. The van der Waals surface area contributed by atoms with E-state index in [9.17, 15) is 0 Å². The Balaban J connectivity index is 1.60. The molecular formula is C15H19N3O2. The molecule has 0 bridgehead atoms. The van der Waals surface area contributed by atoms with Gasteiger partial charge in [0.2, 0.25) is 5.89 Å². The first-order valence-electron chi connectivity index (χ1n) is 7.12. The van der Waals surface area contributed by atoms with Crippen molar-refractivity contribution in [1.82, 2.24) is 15.5 Å². The maximum absolute atomic E-state index is 5.69. The summed E-state index contributed by atoms with van der Waals surface area (Å²) in [5, 5.41) is 11.5. The molecule has 3 rings (SSSR count). The third-order valence-electron chi connectivity index (χ3n) is 3.51. The Morgan fingerprint density at radius 2 is 2.35 bits per heavy atom. The number of rotatable bonds is 5. The zero-order chi connectivity index (χ0) is 13.8. The number of hydrogen-bond acceptors (Lipinski definition) is 5. The lowest BCUT2D eigenvalue weighted by Gasteiger charge is -2.05. The molecule has 2 aromatic rings. The molecule has 1 atom stereocenters. The van der Waals surface area contributed by atoms with Gasteiger partial charge in [-0.2, -0.15) is 0 Å². The van der Waals surface area contributed by atoms with Crippen molar-refractivity contribution in [3.63, 3.8) is 0 Å². The number of nitrogens with one attached hydrogen (secondary N) is 1. The molecular weight excluding hydrogens is 254 g/mol. The molecule has 5 nitrogen and oxygen atoms in total. The Labute approximate surface area is 118 Å². The molecule has 0 amide bonds. The quantitative estimate of drug-likeness (QED) is 0.907. The minimum absolute atomic E-state index is 0.208. The third-order valence-corrected chi connectivity index (χ3v) is 3.51. The van der Waals surface area contributed by atoms with Gasteiger partial charge in [-0.15, -0.1) is 10.2 Å². The van der Waals surface area contributed by atoms with Gasteiger partial charge in [-0.05, 0) is 43.5 Å². The first-order valence-corrected chi connectivity index (χ1v) is 7.12. The molecule has 20 heavy (non-hydrogen) atoms. The summed E-state index contributed by atoms with van der Waals surface area (Å²) in [5.41, 5.74) is 1.25. The van der Waals surface area contributed by atoms with Crippen LogP contribution in [-0.4, -0.2) is 16.7 Å². The second-order valence-corrected chi connectivity index (χ2v) is 4.97. The van der Waals surface area contributed by atoms with Crippen LogP contribution in [-0.2, 0) is 13.0 Å². The molecule has 0 radical (unpaired) electrons. The van der Waals surface area contributed by atoms with Crippen LogP contribution in [0.1, 0.15) is 43.2 Å². The van der Waals surface area contributed by atoms with Gasteiger partial charge in [-0.1, -0.05) is 19.1 Å². The van der Waals surface area contributed by atoms with E-state index in [2.05, 4.69) is 28.5 Å². The molecule has 106 valence electrons. The zero-order valence-corrected chi connectivity index (χ0v) is 11.6. The molecule has 1 aliphatic rings. The van der Waals surface area contributed by atoms with Gasteiger partial charge in [0.1, 0.15) is 5.75 Å². The molecule has 5 heteroatoms. The van der Waals surface area contributed by atoms with E-state index in [1.807, 2.05) is 18.2 Å². The smallest absolute Gasteiger partial charge is 0.253 e. The maximum atomic E-state index is 5.69. The molecule has 1 aliphatic heterocycles. The summed E-state index contributed by atoms with van der Waals surface area (Å²) in [6, 6.07) is 8.27. The Hall–Kier alpha value is -1.88. The molecule has 1 N–H and O–H groups in total. The fourth-order valence-corrected chi connectivity index (χ4v) is 2.36. The summed E-state index contributed by atoms with van der Waals surface area (Å²) in [6.45, 7) is 3.45. The Morgan fingerprint density at radius 1 is 1.40 bits per heavy atom. The number of hydrogen-bond donors (Lipinski definition) is 1. The van der Waals surface area contributed by atoms with Crippen molar-refractivity contribution in [2.75, 3.05) is 6.54 Å². The molecule has 0 saturated carbocycles. The summed E-state index contributed by atoms with van der Waals surface area (Å²) >= 11 is 0. The third kappa shape index (κ3) is 2.99. The number of ether oxygens (including phenoxy) is 1. The summed E-state index contributed by atoms with van der Waals surface area (Å²) in [4.78, 5) is 0. The fourth-order valence-electron chi connectivity index (χ4n) is 2.36. The van der Waals surface area contributed by atoms with Gasteiger partial charge in [0.25, 0.3) is 5.89 Å². The zero-order valence-electron chi connectivity index (χ0n) is 11.6. The molecule has 1 aromatic heterocycles. The van der Waals surface area contributed by atoms with E-state index >= 15 is 0 Å². The van der Waals surface area contributed by atoms with Crippen molar-refractivity contribution in [2.24, 2.45) is 0 Å². The summed E-state index contributed by atoms with van der Waals surface area (Å²) in [7, 11) is 0. The van der Waals surface area contributed by atoms with Crippen LogP contribution in [0, 0.1) is 0 Å². The highest BCUT2D eigenvalue weighted by Gasteiger charge is 2.22. The number of aryl methyl sites for hydroxylation is 1. The standard InChI is InChI=1S/C15H19N3O2/c1-2-11-5-3-6-12(9-11)19-10-14-17-18-15(20-14)13-7-4-8-16-13/h3,5-6,9,13,16H,2,4,7-8,10H2,1H3. The predicted octanol–water partition coefficient (Wildman–Crippen LogP) is 2.64. The van der Waals surface area contributed by atoms with Gasteiger partial charge in [0.15, 0.2) is 6.61 Å². The number of aromatic nitrogens is 2. The molecule has 1 saturated heterocycles. The molecule has 1 fully saturated rings. The van der Waals surface area contributed by atoms with Crippen LogP contribution in [0.3, 0.4) is 0 Å². The lowest BCUT2D eigenvalue weighted by atomic mass is 10.2. The number of nitrogens with zero attached hydrogens (tertiary/aromatic N) is 2. The van der Waals surface area contributed by atoms with Crippen molar-refractivity contribution in [1.29, 1.82) is 0 Å².